The number of ether oxygens (including phenoxy) is 2. The maximum atomic E-state index is 12.9. The van der Waals surface area contributed by atoms with E-state index in [2.05, 4.69) is 15.3 Å². The van der Waals surface area contributed by atoms with Gasteiger partial charge in [-0.2, -0.15) is 0 Å². The van der Waals surface area contributed by atoms with E-state index in [4.69, 9.17) is 9.47 Å². The van der Waals surface area contributed by atoms with Crippen LogP contribution in [-0.4, -0.2) is 34.1 Å². The molecule has 28 heavy (non-hydrogen) atoms. The Kier molecular flexibility index (Phi) is 5.44. The van der Waals surface area contributed by atoms with Gasteiger partial charge in [-0.15, -0.1) is 0 Å². The van der Waals surface area contributed by atoms with Gasteiger partial charge in [-0.25, -0.2) is 14.0 Å². The van der Waals surface area contributed by atoms with E-state index < -0.39 is 29.9 Å². The molecular weight excluding hydrogens is 369 g/mol. The minimum Gasteiger partial charge on any atom is -0.479 e. The van der Waals surface area contributed by atoms with Crippen LogP contribution in [0.5, 0.6) is 5.75 Å². The number of aromatic amines is 2. The number of esters is 1. The van der Waals surface area contributed by atoms with Gasteiger partial charge < -0.3 is 24.8 Å². The van der Waals surface area contributed by atoms with Crippen molar-refractivity contribution >= 4 is 28.6 Å². The number of aromatic nitrogens is 2. The van der Waals surface area contributed by atoms with Crippen molar-refractivity contribution in [3.05, 3.63) is 58.8 Å². The summed E-state index contributed by atoms with van der Waals surface area (Å²) in [6.07, 6.45) is -2.06. The molecule has 0 aliphatic carbocycles. The van der Waals surface area contributed by atoms with Crippen LogP contribution in [0.1, 0.15) is 13.8 Å². The normalized spacial score (nSPS) is 13.0. The number of halogens is 1. The number of hydrogen-bond acceptors (Lipinski definition) is 5. The molecule has 0 saturated heterocycles. The lowest BCUT2D eigenvalue weighted by Crippen LogP contribution is -2.35. The average molecular weight is 387 g/mol. The summed E-state index contributed by atoms with van der Waals surface area (Å²) in [5.41, 5.74) is 1.23. The van der Waals surface area contributed by atoms with Crippen molar-refractivity contribution in [3.8, 4) is 5.75 Å². The van der Waals surface area contributed by atoms with Crippen LogP contribution in [0.25, 0.3) is 11.0 Å². The second-order valence-electron chi connectivity index (χ2n) is 6.12. The molecule has 3 N–H and O–H groups in total. The van der Waals surface area contributed by atoms with E-state index in [1.54, 1.807) is 18.2 Å². The van der Waals surface area contributed by atoms with Crippen LogP contribution in [0, 0.1) is 5.82 Å². The van der Waals surface area contributed by atoms with E-state index in [1.165, 1.54) is 38.1 Å². The highest BCUT2D eigenvalue weighted by Gasteiger charge is 2.23. The van der Waals surface area contributed by atoms with Crippen LogP contribution < -0.4 is 15.7 Å². The predicted octanol–water partition coefficient (Wildman–Crippen LogP) is 2.33. The van der Waals surface area contributed by atoms with Crippen LogP contribution in [0.15, 0.2) is 47.3 Å². The molecule has 0 fully saturated rings. The SMILES string of the molecule is C[C@H](OC(=O)[C@H](C)Oc1ccc(F)cc1)C(=O)Nc1ccc2[nH]c(=O)[nH]c2c1. The molecule has 0 unspecified atom stereocenters. The van der Waals surface area contributed by atoms with Crippen LogP contribution >= 0.6 is 0 Å². The Bertz CT molecular complexity index is 1060. The minimum atomic E-state index is -1.08. The Labute approximate surface area is 158 Å². The topological polar surface area (TPSA) is 113 Å². The highest BCUT2D eigenvalue weighted by Crippen LogP contribution is 2.16. The van der Waals surface area contributed by atoms with Crippen LogP contribution in [0.2, 0.25) is 0 Å². The Balaban J connectivity index is 1.56. The number of carbonyl (C=O) groups is 2. The zero-order valence-corrected chi connectivity index (χ0v) is 15.1. The number of amides is 1. The van der Waals surface area contributed by atoms with Gasteiger partial charge in [0.15, 0.2) is 12.2 Å². The van der Waals surface area contributed by atoms with Crippen LogP contribution in [0.4, 0.5) is 10.1 Å². The fraction of sp³-hybridized carbons (Fsp3) is 0.211. The van der Waals surface area contributed by atoms with E-state index in [1.807, 2.05) is 0 Å². The molecule has 146 valence electrons. The highest BCUT2D eigenvalue weighted by atomic mass is 19.1. The molecular formula is C19H18FN3O5. The lowest BCUT2D eigenvalue weighted by atomic mass is 10.2. The number of rotatable bonds is 6. The summed E-state index contributed by atoms with van der Waals surface area (Å²) in [7, 11) is 0. The van der Waals surface area contributed by atoms with Gasteiger partial charge in [-0.1, -0.05) is 0 Å². The van der Waals surface area contributed by atoms with Crippen molar-refractivity contribution in [2.24, 2.45) is 0 Å². The number of carbonyl (C=O) groups excluding carboxylic acids is 2. The molecule has 8 nitrogen and oxygen atoms in total. The van der Waals surface area contributed by atoms with Gasteiger partial charge in [0.1, 0.15) is 11.6 Å². The standard InChI is InChI=1S/C19H18FN3O5/c1-10(28-18(25)11(2)27-14-6-3-12(20)4-7-14)17(24)21-13-5-8-15-16(9-13)23-19(26)22-15/h3-11H,1-2H3,(H,21,24)(H2,22,23,26)/t10-,11-/m0/s1. The van der Waals surface area contributed by atoms with Crippen molar-refractivity contribution in [1.82, 2.24) is 9.97 Å². The Hall–Kier alpha value is -3.62. The molecule has 3 rings (SSSR count). The van der Waals surface area contributed by atoms with E-state index in [0.29, 0.717) is 22.5 Å². The molecule has 0 saturated carbocycles. The molecule has 0 aliphatic heterocycles. The average Bonchev–Trinajstić information content (AvgIpc) is 3.02. The second kappa shape index (κ2) is 7.95. The lowest BCUT2D eigenvalue weighted by Gasteiger charge is -2.17. The number of H-pyrrole nitrogens is 2. The number of fused-ring (bicyclic) bond motifs is 1. The molecule has 0 bridgehead atoms. The maximum Gasteiger partial charge on any atom is 0.347 e. The summed E-state index contributed by atoms with van der Waals surface area (Å²) in [6.45, 7) is 2.89. The van der Waals surface area contributed by atoms with E-state index in [9.17, 15) is 18.8 Å². The second-order valence-corrected chi connectivity index (χ2v) is 6.12. The molecule has 9 heteroatoms. The van der Waals surface area contributed by atoms with Gasteiger partial charge in [0.05, 0.1) is 11.0 Å². The van der Waals surface area contributed by atoms with E-state index in [0.717, 1.165) is 0 Å². The first-order chi connectivity index (χ1) is 13.3. The van der Waals surface area contributed by atoms with Crippen molar-refractivity contribution in [3.63, 3.8) is 0 Å². The third kappa shape index (κ3) is 4.56. The number of imidazole rings is 1. The summed E-state index contributed by atoms with van der Waals surface area (Å²) >= 11 is 0. The van der Waals surface area contributed by atoms with Gasteiger partial charge in [-0.05, 0) is 56.3 Å². The molecule has 1 aromatic heterocycles. The lowest BCUT2D eigenvalue weighted by molar-refractivity contribution is -0.159. The van der Waals surface area contributed by atoms with Crippen LogP contribution in [0.3, 0.4) is 0 Å². The molecule has 1 heterocycles. The molecule has 2 atom stereocenters. The Morgan fingerprint density at radius 2 is 1.68 bits per heavy atom. The van der Waals surface area contributed by atoms with Gasteiger partial charge in [-0.3, -0.25) is 4.79 Å². The number of hydrogen-bond donors (Lipinski definition) is 3. The monoisotopic (exact) mass is 387 g/mol. The molecule has 3 aromatic rings. The molecule has 1 amide bonds. The summed E-state index contributed by atoms with van der Waals surface area (Å²) < 4.78 is 23.4. The third-order valence-corrected chi connectivity index (χ3v) is 3.90. The first-order valence-electron chi connectivity index (χ1n) is 8.47. The minimum absolute atomic E-state index is 0.303. The molecule has 2 aromatic carbocycles. The fourth-order valence-electron chi connectivity index (χ4n) is 2.44. The summed E-state index contributed by atoms with van der Waals surface area (Å²) in [5.74, 6) is -1.40. The number of nitrogens with one attached hydrogen (secondary N) is 3. The first kappa shape index (κ1) is 19.2. The summed E-state index contributed by atoms with van der Waals surface area (Å²) in [5, 5.41) is 2.61. The van der Waals surface area contributed by atoms with Gasteiger partial charge in [0.25, 0.3) is 5.91 Å². The zero-order chi connectivity index (χ0) is 20.3. The van der Waals surface area contributed by atoms with Crippen molar-refractivity contribution in [1.29, 1.82) is 0 Å². The molecule has 0 spiro atoms. The van der Waals surface area contributed by atoms with Crippen molar-refractivity contribution in [2.45, 2.75) is 26.1 Å². The van der Waals surface area contributed by atoms with E-state index >= 15 is 0 Å². The fourth-order valence-corrected chi connectivity index (χ4v) is 2.44. The van der Waals surface area contributed by atoms with E-state index in [-0.39, 0.29) is 5.69 Å². The number of benzene rings is 2. The Morgan fingerprint density at radius 3 is 2.39 bits per heavy atom. The van der Waals surface area contributed by atoms with Crippen molar-refractivity contribution < 1.29 is 23.5 Å². The Morgan fingerprint density at radius 1 is 1.00 bits per heavy atom. The molecule has 0 radical (unpaired) electrons. The third-order valence-electron chi connectivity index (χ3n) is 3.90. The van der Waals surface area contributed by atoms with Crippen LogP contribution in [-0.2, 0) is 14.3 Å². The highest BCUT2D eigenvalue weighted by molar-refractivity contribution is 5.96. The van der Waals surface area contributed by atoms with Gasteiger partial charge in [0, 0.05) is 5.69 Å². The summed E-state index contributed by atoms with van der Waals surface area (Å²) in [6, 6.07) is 10.0. The van der Waals surface area contributed by atoms with Gasteiger partial charge >= 0.3 is 11.7 Å². The largest absolute Gasteiger partial charge is 0.479 e. The zero-order valence-electron chi connectivity index (χ0n) is 15.1. The maximum absolute atomic E-state index is 12.9. The predicted molar refractivity (Wildman–Crippen MR) is 99.6 cm³/mol. The first-order valence-corrected chi connectivity index (χ1v) is 8.47. The quantitative estimate of drug-likeness (QED) is 0.562. The van der Waals surface area contributed by atoms with Crippen molar-refractivity contribution in [2.75, 3.05) is 5.32 Å². The number of anilines is 1. The smallest absolute Gasteiger partial charge is 0.347 e. The molecule has 0 aliphatic rings. The van der Waals surface area contributed by atoms with Gasteiger partial charge in [0.2, 0.25) is 0 Å². The summed E-state index contributed by atoms with van der Waals surface area (Å²) in [4.78, 5) is 40.8.